The number of imide groups is 2. The van der Waals surface area contributed by atoms with Crippen molar-refractivity contribution in [1.82, 2.24) is 5.32 Å². The van der Waals surface area contributed by atoms with Gasteiger partial charge in [-0.05, 0) is 55.3 Å². The van der Waals surface area contributed by atoms with Crippen molar-refractivity contribution in [1.29, 1.82) is 0 Å². The van der Waals surface area contributed by atoms with Crippen molar-refractivity contribution >= 4 is 70.4 Å². The molecule has 0 saturated carbocycles. The van der Waals surface area contributed by atoms with E-state index in [1.165, 1.54) is 30.3 Å². The molecule has 0 spiro atoms. The van der Waals surface area contributed by atoms with Crippen LogP contribution in [0.1, 0.15) is 18.1 Å². The van der Waals surface area contributed by atoms with Gasteiger partial charge in [0, 0.05) is 5.02 Å². The highest BCUT2D eigenvalue weighted by atomic mass is 35.5. The molecule has 0 unspecified atom stereocenters. The van der Waals surface area contributed by atoms with Crippen LogP contribution in [0.15, 0.2) is 35.9 Å². The minimum Gasteiger partial charge on any atom is -0.479 e. The largest absolute Gasteiger partial charge is 0.479 e. The summed E-state index contributed by atoms with van der Waals surface area (Å²) >= 11 is 18.5. The smallest absolute Gasteiger partial charge is 0.344 e. The van der Waals surface area contributed by atoms with Crippen LogP contribution in [0.5, 0.6) is 5.75 Å². The van der Waals surface area contributed by atoms with Gasteiger partial charge in [0.25, 0.3) is 11.8 Å². The molecular formula is C22H17Cl3N2O6. The molecule has 2 aromatic rings. The fourth-order valence-electron chi connectivity index (χ4n) is 2.91. The summed E-state index contributed by atoms with van der Waals surface area (Å²) in [7, 11) is 0. The van der Waals surface area contributed by atoms with Gasteiger partial charge in [-0.15, -0.1) is 0 Å². The second kappa shape index (κ2) is 10.2. The highest BCUT2D eigenvalue weighted by molar-refractivity contribution is 6.40. The zero-order chi connectivity index (χ0) is 24.3. The van der Waals surface area contributed by atoms with E-state index in [-0.39, 0.29) is 33.7 Å². The van der Waals surface area contributed by atoms with Crippen molar-refractivity contribution in [2.24, 2.45) is 0 Å². The molecule has 0 radical (unpaired) electrons. The van der Waals surface area contributed by atoms with Crippen LogP contribution in [-0.4, -0.2) is 37.0 Å². The van der Waals surface area contributed by atoms with Gasteiger partial charge in [0.2, 0.25) is 0 Å². The summed E-state index contributed by atoms with van der Waals surface area (Å²) in [5.74, 6) is -2.28. The lowest BCUT2D eigenvalue weighted by molar-refractivity contribution is -0.145. The van der Waals surface area contributed by atoms with Crippen LogP contribution in [0.3, 0.4) is 0 Å². The first kappa shape index (κ1) is 24.6. The summed E-state index contributed by atoms with van der Waals surface area (Å²) in [5.41, 5.74) is 0.929. The van der Waals surface area contributed by atoms with E-state index in [9.17, 15) is 19.2 Å². The Bertz CT molecular complexity index is 1170. The Kier molecular flexibility index (Phi) is 7.63. The van der Waals surface area contributed by atoms with E-state index >= 15 is 0 Å². The van der Waals surface area contributed by atoms with E-state index in [4.69, 9.17) is 44.3 Å². The Morgan fingerprint density at radius 3 is 2.33 bits per heavy atom. The third-order valence-electron chi connectivity index (χ3n) is 4.49. The van der Waals surface area contributed by atoms with Crippen molar-refractivity contribution in [3.05, 3.63) is 62.1 Å². The number of benzene rings is 2. The van der Waals surface area contributed by atoms with Crippen LogP contribution >= 0.6 is 34.8 Å². The molecule has 0 aliphatic carbocycles. The molecule has 1 heterocycles. The van der Waals surface area contributed by atoms with Crippen molar-refractivity contribution in [3.63, 3.8) is 0 Å². The van der Waals surface area contributed by atoms with Crippen LogP contribution in [-0.2, 0) is 19.1 Å². The number of carbonyl (C=O) groups excluding carboxylic acids is 4. The quantitative estimate of drug-likeness (QED) is 0.346. The van der Waals surface area contributed by atoms with Crippen LogP contribution in [0.4, 0.5) is 10.5 Å². The maximum atomic E-state index is 13.0. The Hall–Kier alpha value is -3.07. The molecule has 3 rings (SSSR count). The van der Waals surface area contributed by atoms with Gasteiger partial charge >= 0.3 is 12.0 Å². The van der Waals surface area contributed by atoms with Crippen LogP contribution in [0, 0.1) is 6.92 Å². The number of nitrogens with one attached hydrogen (secondary N) is 1. The Balaban J connectivity index is 1.91. The van der Waals surface area contributed by atoms with Gasteiger partial charge in [-0.3, -0.25) is 14.9 Å². The van der Waals surface area contributed by atoms with Crippen LogP contribution in [0.2, 0.25) is 15.1 Å². The van der Waals surface area contributed by atoms with Gasteiger partial charge in [-0.25, -0.2) is 14.5 Å². The van der Waals surface area contributed by atoms with Crippen molar-refractivity contribution in [2.75, 3.05) is 18.1 Å². The molecule has 1 N–H and O–H groups in total. The van der Waals surface area contributed by atoms with Gasteiger partial charge in [-0.2, -0.15) is 0 Å². The number of urea groups is 1. The van der Waals surface area contributed by atoms with E-state index in [2.05, 4.69) is 5.32 Å². The lowest BCUT2D eigenvalue weighted by atomic mass is 10.1. The molecule has 4 amide bonds. The Labute approximate surface area is 204 Å². The normalized spacial score (nSPS) is 15.0. The van der Waals surface area contributed by atoms with E-state index in [0.717, 1.165) is 10.5 Å². The number of anilines is 1. The van der Waals surface area contributed by atoms with E-state index < -0.39 is 30.4 Å². The summed E-state index contributed by atoms with van der Waals surface area (Å²) in [6.45, 7) is 3.23. The average Bonchev–Trinajstić information content (AvgIpc) is 2.73. The molecule has 1 saturated heterocycles. The zero-order valence-electron chi connectivity index (χ0n) is 17.4. The number of hydrogen-bond acceptors (Lipinski definition) is 6. The molecule has 1 aliphatic heterocycles. The minimum absolute atomic E-state index is 0.0408. The molecule has 0 bridgehead atoms. The number of ether oxygens (including phenoxy) is 2. The highest BCUT2D eigenvalue weighted by Crippen LogP contribution is 2.35. The molecule has 0 aromatic heterocycles. The number of nitrogens with zero attached hydrogens (tertiary/aromatic N) is 1. The third-order valence-corrected chi connectivity index (χ3v) is 5.46. The Morgan fingerprint density at radius 2 is 1.73 bits per heavy atom. The number of hydrogen-bond donors (Lipinski definition) is 1. The monoisotopic (exact) mass is 510 g/mol. The third kappa shape index (κ3) is 5.47. The standard InChI is InChI=1S/C22H17Cl3N2O6/c1-3-32-18(28)10-33-19-16(24)7-12(8-17(19)25)6-14-20(29)26-22(31)27(21(14)30)13-5-4-11(2)15(23)9-13/h4-9H,3,10H2,1-2H3,(H,26,29,31)/b14-6-. The molecule has 1 fully saturated rings. The highest BCUT2D eigenvalue weighted by Gasteiger charge is 2.37. The summed E-state index contributed by atoms with van der Waals surface area (Å²) in [5, 5.41) is 2.56. The molecule has 1 aliphatic rings. The molecule has 11 heteroatoms. The van der Waals surface area contributed by atoms with E-state index in [0.29, 0.717) is 10.6 Å². The van der Waals surface area contributed by atoms with Gasteiger partial charge in [0.05, 0.1) is 22.3 Å². The lowest BCUT2D eigenvalue weighted by Crippen LogP contribution is -2.54. The summed E-state index contributed by atoms with van der Waals surface area (Å²) < 4.78 is 10.1. The predicted molar refractivity (Wildman–Crippen MR) is 124 cm³/mol. The van der Waals surface area contributed by atoms with Gasteiger partial charge < -0.3 is 9.47 Å². The van der Waals surface area contributed by atoms with Crippen molar-refractivity contribution < 1.29 is 28.7 Å². The SMILES string of the molecule is CCOC(=O)COc1c(Cl)cc(/C=C2/C(=O)NC(=O)N(c3ccc(C)c(Cl)c3)C2=O)cc1Cl. The summed E-state index contributed by atoms with van der Waals surface area (Å²) in [4.78, 5) is 50.0. The molecule has 0 atom stereocenters. The van der Waals surface area contributed by atoms with Crippen molar-refractivity contribution in [3.8, 4) is 5.75 Å². The molecule has 8 nitrogen and oxygen atoms in total. The van der Waals surface area contributed by atoms with E-state index in [1.807, 2.05) is 0 Å². The first-order valence-electron chi connectivity index (χ1n) is 9.57. The number of carbonyl (C=O) groups is 4. The molecule has 33 heavy (non-hydrogen) atoms. The van der Waals surface area contributed by atoms with Gasteiger partial charge in [-0.1, -0.05) is 40.9 Å². The lowest BCUT2D eigenvalue weighted by Gasteiger charge is -2.26. The first-order valence-corrected chi connectivity index (χ1v) is 10.7. The maximum absolute atomic E-state index is 13.0. The number of rotatable bonds is 6. The Morgan fingerprint density at radius 1 is 1.06 bits per heavy atom. The summed E-state index contributed by atoms with van der Waals surface area (Å²) in [6, 6.07) is 6.52. The number of halogens is 3. The van der Waals surface area contributed by atoms with Gasteiger partial charge in [0.15, 0.2) is 12.4 Å². The summed E-state index contributed by atoms with van der Waals surface area (Å²) in [6.07, 6.45) is 1.24. The first-order chi connectivity index (χ1) is 15.6. The maximum Gasteiger partial charge on any atom is 0.344 e. The minimum atomic E-state index is -0.902. The number of esters is 1. The van der Waals surface area contributed by atoms with E-state index in [1.54, 1.807) is 19.9 Å². The van der Waals surface area contributed by atoms with Crippen molar-refractivity contribution in [2.45, 2.75) is 13.8 Å². The van der Waals surface area contributed by atoms with Crippen LogP contribution < -0.4 is 15.0 Å². The topological polar surface area (TPSA) is 102 Å². The number of aryl methyl sites for hydroxylation is 1. The molecule has 2 aromatic carbocycles. The average molecular weight is 512 g/mol. The predicted octanol–water partition coefficient (Wildman–Crippen LogP) is 4.56. The van der Waals surface area contributed by atoms with Gasteiger partial charge in [0.1, 0.15) is 5.57 Å². The fourth-order valence-corrected chi connectivity index (χ4v) is 3.70. The number of amides is 4. The molecule has 172 valence electrons. The second-order valence-electron chi connectivity index (χ2n) is 6.80. The molecular weight excluding hydrogens is 495 g/mol. The number of barbiturate groups is 1. The van der Waals surface area contributed by atoms with Crippen LogP contribution in [0.25, 0.3) is 6.08 Å². The zero-order valence-corrected chi connectivity index (χ0v) is 19.7. The second-order valence-corrected chi connectivity index (χ2v) is 8.02. The fraction of sp³-hybridized carbons (Fsp3) is 0.182.